The molecule has 8 heavy (non-hydrogen) atoms. The predicted octanol–water partition coefficient (Wildman–Crippen LogP) is -1.39. The Labute approximate surface area is 57.7 Å². The Hall–Kier alpha value is 0.354. The molecule has 0 N–H and O–H groups in total. The molecule has 0 radical (unpaired) electrons. The molecule has 0 aliphatic carbocycles. The largest absolute Gasteiger partial charge is 0.428 e. The van der Waals surface area contributed by atoms with Crippen molar-refractivity contribution < 1.29 is 8.85 Å². The first-order chi connectivity index (χ1) is 3.83. The molecular formula is C4H16O2Si2. The van der Waals surface area contributed by atoms with Crippen LogP contribution in [-0.2, 0) is 8.85 Å². The Kier molecular flexibility index (Phi) is 21.9. The second-order valence-corrected chi connectivity index (χ2v) is 2.31. The monoisotopic (exact) mass is 152 g/mol. The summed E-state index contributed by atoms with van der Waals surface area (Å²) in [5.74, 6) is 0. The van der Waals surface area contributed by atoms with Crippen molar-refractivity contribution in [3.63, 3.8) is 0 Å². The Balaban J connectivity index is 0. The molecule has 0 aromatic carbocycles. The van der Waals surface area contributed by atoms with E-state index in [1.54, 1.807) is 0 Å². The van der Waals surface area contributed by atoms with E-state index < -0.39 is 0 Å². The van der Waals surface area contributed by atoms with E-state index in [4.69, 9.17) is 0 Å². The lowest BCUT2D eigenvalue weighted by atomic mass is 10.9. The third-order valence-electron chi connectivity index (χ3n) is 0.577. The third-order valence-corrected chi connectivity index (χ3v) is 1.73. The van der Waals surface area contributed by atoms with Crippen molar-refractivity contribution in [3.05, 3.63) is 0 Å². The van der Waals surface area contributed by atoms with Gasteiger partial charge in [-0.05, 0) is 13.8 Å². The highest BCUT2D eigenvalue weighted by Gasteiger charge is 1.51. The van der Waals surface area contributed by atoms with Crippen LogP contribution in [0, 0.1) is 0 Å². The van der Waals surface area contributed by atoms with Crippen molar-refractivity contribution in [2.75, 3.05) is 13.2 Å². The summed E-state index contributed by atoms with van der Waals surface area (Å²) >= 11 is 0. The third kappa shape index (κ3) is 32.9. The van der Waals surface area contributed by atoms with Crippen molar-refractivity contribution >= 4 is 21.0 Å². The summed E-state index contributed by atoms with van der Waals surface area (Å²) in [4.78, 5) is 0. The molecule has 0 saturated heterocycles. The van der Waals surface area contributed by atoms with Gasteiger partial charge >= 0.3 is 0 Å². The second kappa shape index (κ2) is 15.7. The normalized spacial score (nSPS) is 8.25. The fourth-order valence-corrected chi connectivity index (χ4v) is 0. The zero-order chi connectivity index (χ0) is 6.83. The molecule has 0 rings (SSSR count). The zero-order valence-corrected chi connectivity index (χ0v) is 10.2. The van der Waals surface area contributed by atoms with Gasteiger partial charge in [-0.25, -0.2) is 0 Å². The number of rotatable bonds is 2. The first-order valence-electron chi connectivity index (χ1n) is 2.81. The molecule has 0 unspecified atom stereocenters. The van der Waals surface area contributed by atoms with Crippen LogP contribution in [0.3, 0.4) is 0 Å². The Morgan fingerprint density at radius 2 is 1.12 bits per heavy atom. The molecule has 0 aliphatic rings. The molecule has 52 valence electrons. The van der Waals surface area contributed by atoms with Gasteiger partial charge in [-0.1, -0.05) is 0 Å². The number of hydrogen-bond donors (Lipinski definition) is 0. The zero-order valence-electron chi connectivity index (χ0n) is 6.23. The molecule has 4 heteroatoms. The van der Waals surface area contributed by atoms with E-state index in [9.17, 15) is 0 Å². The van der Waals surface area contributed by atoms with Crippen LogP contribution in [-0.4, -0.2) is 34.2 Å². The summed E-state index contributed by atoms with van der Waals surface area (Å²) < 4.78 is 9.36. The molecule has 2 nitrogen and oxygen atoms in total. The van der Waals surface area contributed by atoms with Crippen LogP contribution in [0.15, 0.2) is 0 Å². The van der Waals surface area contributed by atoms with Crippen molar-refractivity contribution in [1.82, 2.24) is 0 Å². The smallest absolute Gasteiger partial charge is 0.145 e. The maximum atomic E-state index is 4.68. The Morgan fingerprint density at radius 1 is 1.00 bits per heavy atom. The molecule has 0 bridgehead atoms. The second-order valence-electron chi connectivity index (χ2n) is 1.15. The van der Waals surface area contributed by atoms with E-state index in [0.717, 1.165) is 34.2 Å². The molecule has 0 amide bonds. The summed E-state index contributed by atoms with van der Waals surface area (Å²) in [7, 11) is 1.78. The Morgan fingerprint density at radius 3 is 1.12 bits per heavy atom. The van der Waals surface area contributed by atoms with Crippen molar-refractivity contribution in [2.24, 2.45) is 0 Å². The lowest BCUT2D eigenvalue weighted by Gasteiger charge is -1.77. The standard InChI is InChI=1S/2C2H8OSi/c2*1-2-3-4/h2*2H2,1,4H3. The van der Waals surface area contributed by atoms with E-state index in [1.165, 1.54) is 0 Å². The average Bonchev–Trinajstić information content (AvgIpc) is 1.88. The first-order valence-corrected chi connectivity index (χ1v) is 4.44. The SMILES string of the molecule is CCO[SiH3].CCO[SiH3]. The maximum absolute atomic E-state index is 4.68. The quantitative estimate of drug-likeness (QED) is 0.454. The van der Waals surface area contributed by atoms with E-state index >= 15 is 0 Å². The topological polar surface area (TPSA) is 18.5 Å². The summed E-state index contributed by atoms with van der Waals surface area (Å²) in [6.07, 6.45) is 0. The van der Waals surface area contributed by atoms with Gasteiger partial charge in [-0.3, -0.25) is 0 Å². The van der Waals surface area contributed by atoms with Gasteiger partial charge in [0.1, 0.15) is 21.0 Å². The summed E-state index contributed by atoms with van der Waals surface area (Å²) in [5, 5.41) is 0. The maximum Gasteiger partial charge on any atom is 0.145 e. The lowest BCUT2D eigenvalue weighted by Crippen LogP contribution is -1.76. The fourth-order valence-electron chi connectivity index (χ4n) is 0. The highest BCUT2D eigenvalue weighted by atomic mass is 28.2. The van der Waals surface area contributed by atoms with E-state index in [1.807, 2.05) is 13.8 Å². The number of hydrogen-bond acceptors (Lipinski definition) is 2. The van der Waals surface area contributed by atoms with Crippen LogP contribution in [0.1, 0.15) is 13.8 Å². The molecule has 0 saturated carbocycles. The predicted molar refractivity (Wildman–Crippen MR) is 43.1 cm³/mol. The minimum Gasteiger partial charge on any atom is -0.428 e. The van der Waals surface area contributed by atoms with Crippen molar-refractivity contribution in [1.29, 1.82) is 0 Å². The van der Waals surface area contributed by atoms with Gasteiger partial charge in [0.25, 0.3) is 0 Å². The molecule has 0 fully saturated rings. The molecular weight excluding hydrogens is 136 g/mol. The van der Waals surface area contributed by atoms with Crippen molar-refractivity contribution in [3.8, 4) is 0 Å². The first kappa shape index (κ1) is 11.2. The molecule has 0 aromatic rings. The van der Waals surface area contributed by atoms with Crippen LogP contribution in [0.25, 0.3) is 0 Å². The van der Waals surface area contributed by atoms with Gasteiger partial charge in [0.2, 0.25) is 0 Å². The van der Waals surface area contributed by atoms with Gasteiger partial charge in [0.05, 0.1) is 0 Å². The molecule has 0 heterocycles. The van der Waals surface area contributed by atoms with E-state index in [-0.39, 0.29) is 0 Å². The van der Waals surface area contributed by atoms with E-state index in [2.05, 4.69) is 8.85 Å². The van der Waals surface area contributed by atoms with Gasteiger partial charge in [-0.2, -0.15) is 0 Å². The lowest BCUT2D eigenvalue weighted by molar-refractivity contribution is 0.375. The van der Waals surface area contributed by atoms with Crippen LogP contribution in [0.4, 0.5) is 0 Å². The molecule has 0 aliphatic heterocycles. The molecule has 0 atom stereocenters. The van der Waals surface area contributed by atoms with Crippen LogP contribution in [0.2, 0.25) is 0 Å². The van der Waals surface area contributed by atoms with Crippen molar-refractivity contribution in [2.45, 2.75) is 13.8 Å². The Bertz CT molecular complexity index is 20.0. The van der Waals surface area contributed by atoms with Gasteiger partial charge in [0.15, 0.2) is 0 Å². The van der Waals surface area contributed by atoms with Gasteiger partial charge in [-0.15, -0.1) is 0 Å². The van der Waals surface area contributed by atoms with Crippen LogP contribution in [0.5, 0.6) is 0 Å². The fraction of sp³-hybridized carbons (Fsp3) is 1.00. The highest BCUT2D eigenvalue weighted by molar-refractivity contribution is 5.98. The minimum absolute atomic E-state index is 0.881. The highest BCUT2D eigenvalue weighted by Crippen LogP contribution is 1.50. The van der Waals surface area contributed by atoms with Crippen LogP contribution >= 0.6 is 0 Å². The van der Waals surface area contributed by atoms with Crippen LogP contribution < -0.4 is 0 Å². The molecule has 0 aromatic heterocycles. The summed E-state index contributed by atoms with van der Waals surface area (Å²) in [5.41, 5.74) is 0. The van der Waals surface area contributed by atoms with Gasteiger partial charge < -0.3 is 8.85 Å². The van der Waals surface area contributed by atoms with E-state index in [0.29, 0.717) is 0 Å². The summed E-state index contributed by atoms with van der Waals surface area (Å²) in [6.45, 7) is 5.75. The summed E-state index contributed by atoms with van der Waals surface area (Å²) in [6, 6.07) is 0. The average molecular weight is 152 g/mol. The van der Waals surface area contributed by atoms with Gasteiger partial charge in [0, 0.05) is 13.2 Å². The molecule has 0 spiro atoms. The minimum atomic E-state index is 0.881.